The number of aromatic nitrogens is 4. The topological polar surface area (TPSA) is 188 Å². The highest BCUT2D eigenvalue weighted by Crippen LogP contribution is 2.35. The molecule has 14 nitrogen and oxygen atoms in total. The number of nitrogens with one attached hydrogen (secondary N) is 6. The van der Waals surface area contributed by atoms with Gasteiger partial charge in [0.25, 0.3) is 11.8 Å². The predicted molar refractivity (Wildman–Crippen MR) is 202 cm³/mol. The number of ether oxygens (including phenoxy) is 1. The molecule has 2 aromatic heterocycles. The maximum atomic E-state index is 15.2. The van der Waals surface area contributed by atoms with Crippen molar-refractivity contribution in [1.29, 1.82) is 0 Å². The van der Waals surface area contributed by atoms with Crippen molar-refractivity contribution in [3.05, 3.63) is 99.0 Å². The fraction of sp³-hybridized carbons (Fsp3) is 0.222. The Morgan fingerprint density at radius 2 is 1.44 bits per heavy atom. The zero-order valence-electron chi connectivity index (χ0n) is 29.4. The molecule has 0 atom stereocenters. The zero-order valence-corrected chi connectivity index (χ0v) is 31.8. The minimum atomic E-state index is -4.83. The number of nitrogens with zero attached hydrogens (tertiary/aromatic N) is 2. The van der Waals surface area contributed by atoms with Crippen LogP contribution in [0.2, 0.25) is 5.02 Å². The smallest absolute Gasteiger partial charge is 0.406 e. The molecule has 0 unspecified atom stereocenters. The van der Waals surface area contributed by atoms with Gasteiger partial charge in [0.15, 0.2) is 11.6 Å². The van der Waals surface area contributed by atoms with Crippen LogP contribution >= 0.6 is 27.5 Å². The van der Waals surface area contributed by atoms with E-state index in [0.29, 0.717) is 39.8 Å². The Morgan fingerprint density at radius 1 is 0.877 bits per heavy atom. The van der Waals surface area contributed by atoms with Crippen molar-refractivity contribution in [1.82, 2.24) is 30.9 Å². The molecule has 6 aromatic rings. The molecular formula is C36H31BrClF5N8O6. The van der Waals surface area contributed by atoms with E-state index in [-0.39, 0.29) is 52.4 Å². The minimum Gasteiger partial charge on any atom is -0.406 e. The normalized spacial score (nSPS) is 12.6. The molecule has 0 bridgehead atoms. The van der Waals surface area contributed by atoms with Crippen molar-refractivity contribution in [3.63, 3.8) is 0 Å². The summed E-state index contributed by atoms with van der Waals surface area (Å²) in [7, 11) is 0. The lowest BCUT2D eigenvalue weighted by Gasteiger charge is -2.16. The number of benzene rings is 4. The van der Waals surface area contributed by atoms with Gasteiger partial charge in [0.2, 0.25) is 0 Å². The van der Waals surface area contributed by atoms with E-state index in [1.54, 1.807) is 18.2 Å². The molecule has 0 aliphatic heterocycles. The highest BCUT2D eigenvalue weighted by atomic mass is 79.9. The van der Waals surface area contributed by atoms with Crippen LogP contribution in [0.4, 0.5) is 44.7 Å². The number of aliphatic hydroxyl groups is 1. The Labute approximate surface area is 332 Å². The Balaban J connectivity index is 0.000000196. The van der Waals surface area contributed by atoms with E-state index in [0.717, 1.165) is 29.4 Å². The van der Waals surface area contributed by atoms with Gasteiger partial charge in [-0.1, -0.05) is 27.5 Å². The number of carbonyl (C=O) groups excluding carboxylic acids is 2. The Hall–Kier alpha value is -5.54. The van der Waals surface area contributed by atoms with Gasteiger partial charge in [0.05, 0.1) is 76.7 Å². The standard InChI is InChI=1S/C20H18F4N4O3.C16H13BrClFN4O3/c1-10-6-12(31-20(22,23)24)4-5-14(10)27-17-13(19(29)28-30-8-11-2-3-11)7-15-18(16(17)21)26-9-25-15;17-8-1-2-11(10(18)5-8)22-14-9(16(25)23-26-4-3-24)6-12-15(13(14)19)21-7-20-12/h4-7,9,11,27H,2-3,8H2,1H3,(H,25,26)(H,28,29);1-2,5-7,22,24H,3-4H2,(H,20,21)(H,23,25). The first-order valence-corrected chi connectivity index (χ1v) is 18.0. The summed E-state index contributed by atoms with van der Waals surface area (Å²) in [5.41, 5.74) is 5.89. The number of amides is 2. The second-order valence-electron chi connectivity index (χ2n) is 12.4. The minimum absolute atomic E-state index is 0.00706. The molecule has 2 amide bonds. The van der Waals surface area contributed by atoms with Gasteiger partial charge >= 0.3 is 6.36 Å². The van der Waals surface area contributed by atoms with Gasteiger partial charge in [-0.2, -0.15) is 0 Å². The molecule has 21 heteroatoms. The highest BCUT2D eigenvalue weighted by molar-refractivity contribution is 9.10. The number of hydrogen-bond donors (Lipinski definition) is 7. The molecule has 1 aliphatic carbocycles. The van der Waals surface area contributed by atoms with E-state index in [1.807, 2.05) is 0 Å². The second kappa shape index (κ2) is 17.7. The molecule has 1 saturated carbocycles. The summed E-state index contributed by atoms with van der Waals surface area (Å²) in [6.45, 7) is 1.52. The van der Waals surface area contributed by atoms with Gasteiger partial charge in [0.1, 0.15) is 16.8 Å². The van der Waals surface area contributed by atoms with E-state index in [2.05, 4.69) is 62.2 Å². The molecule has 57 heavy (non-hydrogen) atoms. The number of H-pyrrole nitrogens is 2. The number of hydrogen-bond acceptors (Lipinski definition) is 10. The van der Waals surface area contributed by atoms with Crippen LogP contribution < -0.4 is 26.3 Å². The number of aliphatic hydroxyl groups excluding tert-OH is 1. The largest absolute Gasteiger partial charge is 0.573 e. The first-order chi connectivity index (χ1) is 27.2. The van der Waals surface area contributed by atoms with Crippen molar-refractivity contribution in [2.45, 2.75) is 26.1 Å². The van der Waals surface area contributed by atoms with Gasteiger partial charge in [-0.3, -0.25) is 19.3 Å². The fourth-order valence-corrected chi connectivity index (χ4v) is 6.02. The first-order valence-electron chi connectivity index (χ1n) is 16.8. The van der Waals surface area contributed by atoms with Crippen LogP contribution in [0.15, 0.2) is 65.7 Å². The average molecular weight is 882 g/mol. The summed E-state index contributed by atoms with van der Waals surface area (Å²) >= 11 is 9.47. The second-order valence-corrected chi connectivity index (χ2v) is 13.7. The number of hydroxylamine groups is 2. The third-order valence-electron chi connectivity index (χ3n) is 8.22. The number of fused-ring (bicyclic) bond motifs is 2. The summed E-state index contributed by atoms with van der Waals surface area (Å²) in [5, 5.41) is 14.7. The van der Waals surface area contributed by atoms with Gasteiger partial charge in [0, 0.05) is 10.2 Å². The number of alkyl halides is 3. The summed E-state index contributed by atoms with van der Waals surface area (Å²) < 4.78 is 72.1. The van der Waals surface area contributed by atoms with Crippen LogP contribution in [0.25, 0.3) is 22.1 Å². The lowest BCUT2D eigenvalue weighted by Crippen LogP contribution is -2.26. The monoisotopic (exact) mass is 880 g/mol. The SMILES string of the molecule is Cc1cc(OC(F)(F)F)ccc1Nc1c(C(=O)NOCC2CC2)cc2[nH]cnc2c1F.O=C(NOCCO)c1cc2[nH]cnc2c(F)c1Nc1ccc(Br)cc1Cl. The van der Waals surface area contributed by atoms with Crippen molar-refractivity contribution in [2.75, 3.05) is 30.5 Å². The quantitative estimate of drug-likeness (QED) is 0.0338. The average Bonchev–Trinajstić information content (AvgIpc) is 3.62. The van der Waals surface area contributed by atoms with E-state index in [9.17, 15) is 27.2 Å². The summed E-state index contributed by atoms with van der Waals surface area (Å²) in [6, 6.07) is 11.4. The van der Waals surface area contributed by atoms with Crippen molar-refractivity contribution in [2.24, 2.45) is 5.92 Å². The third-order valence-corrected chi connectivity index (χ3v) is 9.02. The number of imidazole rings is 2. The van der Waals surface area contributed by atoms with Crippen molar-refractivity contribution < 1.29 is 51.1 Å². The van der Waals surface area contributed by atoms with Gasteiger partial charge < -0.3 is 30.4 Å². The summed E-state index contributed by atoms with van der Waals surface area (Å²) in [4.78, 5) is 48.4. The number of aryl methyl sites for hydroxylation is 1. The highest BCUT2D eigenvalue weighted by Gasteiger charge is 2.31. The molecule has 1 fully saturated rings. The van der Waals surface area contributed by atoms with E-state index >= 15 is 4.39 Å². The Bertz CT molecular complexity index is 2430. The number of rotatable bonds is 13. The fourth-order valence-electron chi connectivity index (χ4n) is 5.30. The number of anilines is 4. The van der Waals surface area contributed by atoms with Crippen LogP contribution in [0.3, 0.4) is 0 Å². The molecule has 0 radical (unpaired) electrons. The molecule has 300 valence electrons. The van der Waals surface area contributed by atoms with Crippen LogP contribution in [0.5, 0.6) is 5.75 Å². The molecular weight excluding hydrogens is 851 g/mol. The third kappa shape index (κ3) is 10.3. The van der Waals surface area contributed by atoms with Crippen LogP contribution in [0.1, 0.15) is 39.1 Å². The van der Waals surface area contributed by atoms with Crippen LogP contribution in [-0.4, -0.2) is 63.0 Å². The van der Waals surface area contributed by atoms with Gasteiger partial charge in [-0.25, -0.2) is 29.7 Å². The van der Waals surface area contributed by atoms with E-state index in [4.69, 9.17) is 26.4 Å². The molecule has 0 spiro atoms. The lowest BCUT2D eigenvalue weighted by molar-refractivity contribution is -0.274. The summed E-state index contributed by atoms with van der Waals surface area (Å²) in [6.07, 6.45) is -0.148. The van der Waals surface area contributed by atoms with E-state index in [1.165, 1.54) is 37.8 Å². The van der Waals surface area contributed by atoms with Gasteiger partial charge in [-0.05, 0) is 79.8 Å². The molecule has 0 saturated heterocycles. The predicted octanol–water partition coefficient (Wildman–Crippen LogP) is 8.24. The van der Waals surface area contributed by atoms with Crippen molar-refractivity contribution >= 4 is 84.2 Å². The number of carbonyl (C=O) groups is 2. The number of aromatic amines is 2. The van der Waals surface area contributed by atoms with Crippen LogP contribution in [0, 0.1) is 24.5 Å². The number of halogens is 7. The maximum Gasteiger partial charge on any atom is 0.573 e. The molecule has 7 N–H and O–H groups in total. The molecule has 4 aromatic carbocycles. The Kier molecular flexibility index (Phi) is 12.8. The van der Waals surface area contributed by atoms with Crippen LogP contribution in [-0.2, 0) is 9.68 Å². The van der Waals surface area contributed by atoms with Gasteiger partial charge in [-0.15, -0.1) is 13.2 Å². The molecule has 1 aliphatic rings. The lowest BCUT2D eigenvalue weighted by atomic mass is 10.1. The first kappa shape index (κ1) is 41.1. The van der Waals surface area contributed by atoms with E-state index < -0.39 is 35.6 Å². The zero-order chi connectivity index (χ0) is 40.9. The maximum absolute atomic E-state index is 15.2. The van der Waals surface area contributed by atoms with Crippen molar-refractivity contribution in [3.8, 4) is 5.75 Å². The summed E-state index contributed by atoms with van der Waals surface area (Å²) in [5.74, 6) is -2.87. The molecule has 2 heterocycles. The molecule has 7 rings (SSSR count). The Morgan fingerprint density at radius 3 is 1.96 bits per heavy atom.